The molecule has 0 aromatic heterocycles. The number of halogens is 1. The minimum Gasteiger partial charge on any atom is -0.496 e. The van der Waals surface area contributed by atoms with Crippen molar-refractivity contribution >= 4 is 11.9 Å². The molecule has 1 aliphatic heterocycles. The van der Waals surface area contributed by atoms with Crippen molar-refractivity contribution in [3.63, 3.8) is 0 Å². The number of rotatable bonds is 6. The van der Waals surface area contributed by atoms with E-state index in [0.717, 1.165) is 16.0 Å². The van der Waals surface area contributed by atoms with Crippen molar-refractivity contribution in [3.05, 3.63) is 65.2 Å². The molecule has 1 aliphatic rings. The Bertz CT molecular complexity index is 922. The molecular weight excluding hydrogens is 397 g/mol. The van der Waals surface area contributed by atoms with Crippen molar-refractivity contribution in [1.82, 2.24) is 15.5 Å². The van der Waals surface area contributed by atoms with Gasteiger partial charge >= 0.3 is 6.03 Å². The number of amides is 3. The van der Waals surface area contributed by atoms with Gasteiger partial charge in [0.2, 0.25) is 5.67 Å². The second-order valence-electron chi connectivity index (χ2n) is 7.91. The van der Waals surface area contributed by atoms with Crippen molar-refractivity contribution in [2.24, 2.45) is 0 Å². The van der Waals surface area contributed by atoms with Gasteiger partial charge in [0.25, 0.3) is 5.91 Å². The highest BCUT2D eigenvalue weighted by atomic mass is 19.1. The van der Waals surface area contributed by atoms with Crippen LogP contribution in [0.2, 0.25) is 0 Å². The summed E-state index contributed by atoms with van der Waals surface area (Å²) in [5, 5.41) is 5.86. The minimum atomic E-state index is -2.26. The summed E-state index contributed by atoms with van der Waals surface area (Å²) in [6.07, 6.45) is 0.473. The molecule has 2 aromatic rings. The molecule has 1 saturated heterocycles. The molecule has 1 fully saturated rings. The summed E-state index contributed by atoms with van der Waals surface area (Å²) in [5.41, 5.74) is 0.216. The van der Waals surface area contributed by atoms with Crippen LogP contribution in [0.5, 0.6) is 5.75 Å². The molecule has 0 aliphatic carbocycles. The Morgan fingerprint density at radius 1 is 1.29 bits per heavy atom. The van der Waals surface area contributed by atoms with Crippen LogP contribution in [0.25, 0.3) is 0 Å². The number of alkyl halides is 1. The van der Waals surface area contributed by atoms with Crippen LogP contribution < -0.4 is 15.4 Å². The topological polar surface area (TPSA) is 70.7 Å². The SMILES string of the molecule is CCC(NC(=O)N1CCNCC(F)(Cc2cc(C)ccc2OC)C1=O)c1ccccc1. The van der Waals surface area contributed by atoms with Crippen LogP contribution in [0.1, 0.15) is 36.1 Å². The minimum absolute atomic E-state index is 0.104. The molecule has 0 saturated carbocycles. The fourth-order valence-corrected chi connectivity index (χ4v) is 3.91. The molecule has 2 N–H and O–H groups in total. The van der Waals surface area contributed by atoms with Crippen molar-refractivity contribution in [2.75, 3.05) is 26.7 Å². The van der Waals surface area contributed by atoms with Gasteiger partial charge in [-0.05, 0) is 30.5 Å². The third-order valence-corrected chi connectivity index (χ3v) is 5.61. The van der Waals surface area contributed by atoms with Crippen LogP contribution in [0, 0.1) is 6.92 Å². The maximum atomic E-state index is 16.0. The van der Waals surface area contributed by atoms with Gasteiger partial charge in [0.05, 0.1) is 13.2 Å². The Labute approximate surface area is 182 Å². The molecule has 2 unspecified atom stereocenters. The Hall–Kier alpha value is -2.93. The largest absolute Gasteiger partial charge is 0.496 e. The van der Waals surface area contributed by atoms with Crippen molar-refractivity contribution < 1.29 is 18.7 Å². The van der Waals surface area contributed by atoms with E-state index in [1.807, 2.05) is 56.3 Å². The number of aryl methyl sites for hydroxylation is 1. The molecule has 7 heteroatoms. The fraction of sp³-hybridized carbons (Fsp3) is 0.417. The highest BCUT2D eigenvalue weighted by Crippen LogP contribution is 2.29. The summed E-state index contributed by atoms with van der Waals surface area (Å²) in [4.78, 5) is 27.2. The lowest BCUT2D eigenvalue weighted by atomic mass is 9.93. The fourth-order valence-electron chi connectivity index (χ4n) is 3.91. The first-order chi connectivity index (χ1) is 14.9. The number of benzene rings is 2. The van der Waals surface area contributed by atoms with Gasteiger partial charge in [-0.2, -0.15) is 0 Å². The summed E-state index contributed by atoms with van der Waals surface area (Å²) < 4.78 is 21.4. The lowest BCUT2D eigenvalue weighted by molar-refractivity contribution is -0.139. The number of carbonyl (C=O) groups is 2. The number of hydrogen-bond acceptors (Lipinski definition) is 4. The standard InChI is InChI=1S/C24H30FN3O3/c1-4-20(18-8-6-5-7-9-18)27-23(30)28-13-12-26-16-24(25,22(28)29)15-19-14-17(2)10-11-21(19)31-3/h5-11,14,20,26H,4,12-13,15-16H2,1-3H3,(H,27,30). The molecule has 0 spiro atoms. The lowest BCUT2D eigenvalue weighted by Crippen LogP contribution is -2.54. The number of imide groups is 1. The van der Waals surface area contributed by atoms with Gasteiger partial charge in [-0.25, -0.2) is 9.18 Å². The van der Waals surface area contributed by atoms with E-state index < -0.39 is 17.6 Å². The van der Waals surface area contributed by atoms with Crippen LogP contribution in [0.15, 0.2) is 48.5 Å². The highest BCUT2D eigenvalue weighted by molar-refractivity contribution is 5.99. The zero-order valence-electron chi connectivity index (χ0n) is 18.3. The quantitative estimate of drug-likeness (QED) is 0.740. The van der Waals surface area contributed by atoms with Gasteiger partial charge < -0.3 is 15.4 Å². The zero-order chi connectivity index (χ0) is 22.4. The van der Waals surface area contributed by atoms with Crippen LogP contribution in [-0.2, 0) is 11.2 Å². The molecule has 0 bridgehead atoms. The molecule has 2 atom stereocenters. The Balaban J connectivity index is 1.81. The maximum Gasteiger partial charge on any atom is 0.324 e. The van der Waals surface area contributed by atoms with E-state index in [0.29, 0.717) is 24.3 Å². The molecule has 2 aromatic carbocycles. The predicted molar refractivity (Wildman–Crippen MR) is 118 cm³/mol. The molecular formula is C24H30FN3O3. The van der Waals surface area contributed by atoms with E-state index >= 15 is 4.39 Å². The number of hydrogen-bond donors (Lipinski definition) is 2. The van der Waals surface area contributed by atoms with E-state index in [-0.39, 0.29) is 25.6 Å². The molecule has 3 rings (SSSR count). The average molecular weight is 428 g/mol. The summed E-state index contributed by atoms with van der Waals surface area (Å²) in [7, 11) is 1.51. The summed E-state index contributed by atoms with van der Waals surface area (Å²) in [5.74, 6) is -0.313. The van der Waals surface area contributed by atoms with E-state index in [2.05, 4.69) is 10.6 Å². The first-order valence-electron chi connectivity index (χ1n) is 10.6. The second-order valence-corrected chi connectivity index (χ2v) is 7.91. The number of methoxy groups -OCH3 is 1. The van der Waals surface area contributed by atoms with Gasteiger partial charge in [-0.15, -0.1) is 0 Å². The van der Waals surface area contributed by atoms with Crippen LogP contribution in [0.4, 0.5) is 9.18 Å². The van der Waals surface area contributed by atoms with Gasteiger partial charge in [0.15, 0.2) is 0 Å². The monoisotopic (exact) mass is 427 g/mol. The normalized spacial score (nSPS) is 20.1. The number of carbonyl (C=O) groups excluding carboxylic acids is 2. The average Bonchev–Trinajstić information content (AvgIpc) is 2.91. The van der Waals surface area contributed by atoms with Gasteiger partial charge in [0.1, 0.15) is 5.75 Å². The Morgan fingerprint density at radius 3 is 2.71 bits per heavy atom. The van der Waals surface area contributed by atoms with Crippen molar-refractivity contribution in [3.8, 4) is 5.75 Å². The van der Waals surface area contributed by atoms with Crippen molar-refractivity contribution in [1.29, 1.82) is 0 Å². The lowest BCUT2D eigenvalue weighted by Gasteiger charge is -2.29. The third kappa shape index (κ3) is 5.22. The number of nitrogens with one attached hydrogen (secondary N) is 2. The molecule has 166 valence electrons. The molecule has 3 amide bonds. The molecule has 0 radical (unpaired) electrons. The van der Waals surface area contributed by atoms with Crippen LogP contribution in [-0.4, -0.2) is 49.3 Å². The van der Waals surface area contributed by atoms with Crippen LogP contribution in [0.3, 0.4) is 0 Å². The summed E-state index contributed by atoms with van der Waals surface area (Å²) >= 11 is 0. The van der Waals surface area contributed by atoms with Crippen molar-refractivity contribution in [2.45, 2.75) is 38.4 Å². The Kier molecular flexibility index (Phi) is 7.28. The summed E-state index contributed by atoms with van der Waals surface area (Å²) in [6.45, 7) is 4.12. The van der Waals surface area contributed by atoms with E-state index in [1.165, 1.54) is 7.11 Å². The number of ether oxygens (including phenoxy) is 1. The Morgan fingerprint density at radius 2 is 2.03 bits per heavy atom. The number of urea groups is 1. The first kappa shape index (κ1) is 22.7. The van der Waals surface area contributed by atoms with Crippen LogP contribution >= 0.6 is 0 Å². The summed E-state index contributed by atoms with van der Waals surface area (Å²) in [6, 6.07) is 14.1. The second kappa shape index (κ2) is 9.92. The first-order valence-corrected chi connectivity index (χ1v) is 10.6. The molecule has 31 heavy (non-hydrogen) atoms. The number of nitrogens with zero attached hydrogens (tertiary/aromatic N) is 1. The molecule has 6 nitrogen and oxygen atoms in total. The van der Waals surface area contributed by atoms with Gasteiger partial charge in [-0.1, -0.05) is 55.0 Å². The van der Waals surface area contributed by atoms with E-state index in [4.69, 9.17) is 4.74 Å². The molecule has 1 heterocycles. The van der Waals surface area contributed by atoms with Gasteiger partial charge in [-0.3, -0.25) is 9.69 Å². The zero-order valence-corrected chi connectivity index (χ0v) is 18.3. The van der Waals surface area contributed by atoms with E-state index in [9.17, 15) is 9.59 Å². The van der Waals surface area contributed by atoms with Gasteiger partial charge in [0, 0.05) is 26.1 Å². The smallest absolute Gasteiger partial charge is 0.324 e. The maximum absolute atomic E-state index is 16.0. The van der Waals surface area contributed by atoms with E-state index in [1.54, 1.807) is 6.07 Å². The highest BCUT2D eigenvalue weighted by Gasteiger charge is 2.45. The predicted octanol–water partition coefficient (Wildman–Crippen LogP) is 3.55. The third-order valence-electron chi connectivity index (χ3n) is 5.61.